The van der Waals surface area contributed by atoms with E-state index in [1.807, 2.05) is 19.1 Å². The van der Waals surface area contributed by atoms with Crippen molar-refractivity contribution in [2.24, 2.45) is 0 Å². The molecule has 0 aliphatic rings. The van der Waals surface area contributed by atoms with Gasteiger partial charge in [0.25, 0.3) is 0 Å². The van der Waals surface area contributed by atoms with Gasteiger partial charge in [0.15, 0.2) is 0 Å². The number of aromatic carboxylic acids is 1. The summed E-state index contributed by atoms with van der Waals surface area (Å²) in [6.07, 6.45) is 2.39. The zero-order chi connectivity index (χ0) is 13.8. The van der Waals surface area contributed by atoms with E-state index in [0.29, 0.717) is 11.9 Å². The number of carbonyl (C=O) groups is 2. The Labute approximate surface area is 110 Å². The van der Waals surface area contributed by atoms with Gasteiger partial charge in [0, 0.05) is 23.6 Å². The van der Waals surface area contributed by atoms with E-state index in [-0.39, 0.29) is 18.0 Å². The van der Waals surface area contributed by atoms with Crippen LogP contribution in [0.3, 0.4) is 0 Å². The number of carbonyl (C=O) groups excluding carboxylic acids is 1. The molecule has 0 unspecified atom stereocenters. The number of amides is 1. The van der Waals surface area contributed by atoms with E-state index in [0.717, 1.165) is 11.9 Å². The Balaban J connectivity index is 2.33. The topological polar surface area (TPSA) is 71.3 Å². The van der Waals surface area contributed by atoms with Crippen LogP contribution < -0.4 is 5.32 Å². The van der Waals surface area contributed by atoms with Gasteiger partial charge in [-0.15, -0.1) is 0 Å². The molecule has 1 aromatic carbocycles. The molecule has 0 aliphatic carbocycles. The average Bonchev–Trinajstić information content (AvgIpc) is 2.76. The Morgan fingerprint density at radius 1 is 1.32 bits per heavy atom. The van der Waals surface area contributed by atoms with Gasteiger partial charge >= 0.3 is 5.97 Å². The van der Waals surface area contributed by atoms with Crippen molar-refractivity contribution in [3.8, 4) is 0 Å². The Bertz CT molecular complexity index is 616. The van der Waals surface area contributed by atoms with E-state index in [4.69, 9.17) is 5.11 Å². The molecule has 19 heavy (non-hydrogen) atoms. The minimum Gasteiger partial charge on any atom is -0.478 e. The van der Waals surface area contributed by atoms with Crippen LogP contribution >= 0.6 is 0 Å². The number of carboxylic acid groups (broad SMARTS) is 1. The van der Waals surface area contributed by atoms with Crippen LogP contribution in [-0.2, 0) is 11.3 Å². The molecule has 0 atom stereocenters. The molecule has 0 radical (unpaired) electrons. The predicted molar refractivity (Wildman–Crippen MR) is 72.2 cm³/mol. The monoisotopic (exact) mass is 260 g/mol. The summed E-state index contributed by atoms with van der Waals surface area (Å²) in [5, 5.41) is 12.6. The van der Waals surface area contributed by atoms with Crippen molar-refractivity contribution in [3.63, 3.8) is 0 Å². The SMILES string of the molecule is CCCNC(=O)Cn1cc(C(=O)O)c2ccccc21. The van der Waals surface area contributed by atoms with Crippen LogP contribution in [0, 0.1) is 0 Å². The molecule has 5 nitrogen and oxygen atoms in total. The Kier molecular flexibility index (Phi) is 3.85. The summed E-state index contributed by atoms with van der Waals surface area (Å²) in [7, 11) is 0. The van der Waals surface area contributed by atoms with Crippen LogP contribution in [-0.4, -0.2) is 28.1 Å². The molecule has 1 aromatic heterocycles. The van der Waals surface area contributed by atoms with Crippen LogP contribution in [0.15, 0.2) is 30.5 Å². The summed E-state index contributed by atoms with van der Waals surface area (Å²) in [6, 6.07) is 7.18. The summed E-state index contributed by atoms with van der Waals surface area (Å²) in [5.41, 5.74) is 0.977. The average molecular weight is 260 g/mol. The van der Waals surface area contributed by atoms with Gasteiger partial charge in [0.1, 0.15) is 6.54 Å². The lowest BCUT2D eigenvalue weighted by Crippen LogP contribution is -2.27. The number of benzene rings is 1. The van der Waals surface area contributed by atoms with Gasteiger partial charge in [0.2, 0.25) is 5.91 Å². The van der Waals surface area contributed by atoms with Crippen molar-refractivity contribution in [1.29, 1.82) is 0 Å². The van der Waals surface area contributed by atoms with E-state index in [2.05, 4.69) is 5.32 Å². The quantitative estimate of drug-likeness (QED) is 0.862. The highest BCUT2D eigenvalue weighted by atomic mass is 16.4. The number of rotatable bonds is 5. The summed E-state index contributed by atoms with van der Waals surface area (Å²) in [5.74, 6) is -1.09. The van der Waals surface area contributed by atoms with Crippen LogP contribution in [0.4, 0.5) is 0 Å². The lowest BCUT2D eigenvalue weighted by molar-refractivity contribution is -0.121. The lowest BCUT2D eigenvalue weighted by Gasteiger charge is -2.05. The zero-order valence-electron chi connectivity index (χ0n) is 10.7. The zero-order valence-corrected chi connectivity index (χ0v) is 10.7. The number of para-hydroxylation sites is 1. The maximum absolute atomic E-state index is 11.7. The highest BCUT2D eigenvalue weighted by Gasteiger charge is 2.14. The third-order valence-electron chi connectivity index (χ3n) is 2.91. The molecule has 0 aliphatic heterocycles. The number of nitrogens with zero attached hydrogens (tertiary/aromatic N) is 1. The molecule has 2 rings (SSSR count). The van der Waals surface area contributed by atoms with Crippen molar-refractivity contribution in [1.82, 2.24) is 9.88 Å². The highest BCUT2D eigenvalue weighted by Crippen LogP contribution is 2.21. The van der Waals surface area contributed by atoms with Crippen molar-refractivity contribution in [2.45, 2.75) is 19.9 Å². The molecule has 0 fully saturated rings. The second-order valence-corrected chi connectivity index (χ2v) is 4.34. The minimum absolute atomic E-state index is 0.112. The smallest absolute Gasteiger partial charge is 0.337 e. The molecule has 1 heterocycles. The predicted octanol–water partition coefficient (Wildman–Crippen LogP) is 1.87. The number of aromatic nitrogens is 1. The van der Waals surface area contributed by atoms with Crippen molar-refractivity contribution >= 4 is 22.8 Å². The highest BCUT2D eigenvalue weighted by molar-refractivity contribution is 6.03. The van der Waals surface area contributed by atoms with Gasteiger partial charge in [-0.2, -0.15) is 0 Å². The first-order valence-corrected chi connectivity index (χ1v) is 6.21. The molecule has 0 saturated carbocycles. The molecule has 2 N–H and O–H groups in total. The summed E-state index contributed by atoms with van der Waals surface area (Å²) >= 11 is 0. The fourth-order valence-electron chi connectivity index (χ4n) is 2.02. The normalized spacial score (nSPS) is 10.6. The molecule has 5 heteroatoms. The maximum Gasteiger partial charge on any atom is 0.337 e. The molecule has 1 amide bonds. The first kappa shape index (κ1) is 13.1. The third kappa shape index (κ3) is 2.76. The first-order valence-electron chi connectivity index (χ1n) is 6.21. The van der Waals surface area contributed by atoms with E-state index in [1.165, 1.54) is 6.20 Å². The molecule has 0 saturated heterocycles. The lowest BCUT2D eigenvalue weighted by atomic mass is 10.2. The Hall–Kier alpha value is -2.30. The first-order chi connectivity index (χ1) is 9.13. The van der Waals surface area contributed by atoms with E-state index in [1.54, 1.807) is 16.7 Å². The number of carboxylic acids is 1. The van der Waals surface area contributed by atoms with E-state index >= 15 is 0 Å². The van der Waals surface area contributed by atoms with Crippen molar-refractivity contribution in [3.05, 3.63) is 36.0 Å². The van der Waals surface area contributed by atoms with Crippen molar-refractivity contribution < 1.29 is 14.7 Å². The van der Waals surface area contributed by atoms with Gasteiger partial charge < -0.3 is 15.0 Å². The van der Waals surface area contributed by atoms with Gasteiger partial charge in [-0.05, 0) is 12.5 Å². The number of nitrogens with one attached hydrogen (secondary N) is 1. The fourth-order valence-corrected chi connectivity index (χ4v) is 2.02. The fraction of sp³-hybridized carbons (Fsp3) is 0.286. The van der Waals surface area contributed by atoms with E-state index in [9.17, 15) is 9.59 Å². The van der Waals surface area contributed by atoms with Crippen LogP contribution in [0.2, 0.25) is 0 Å². The van der Waals surface area contributed by atoms with E-state index < -0.39 is 5.97 Å². The van der Waals surface area contributed by atoms with Crippen LogP contribution in [0.1, 0.15) is 23.7 Å². The molecular formula is C14H16N2O3. The standard InChI is InChI=1S/C14H16N2O3/c1-2-7-15-13(17)9-16-8-11(14(18)19)10-5-3-4-6-12(10)16/h3-6,8H,2,7,9H2,1H3,(H,15,17)(H,18,19). The summed E-state index contributed by atoms with van der Waals surface area (Å²) in [6.45, 7) is 2.74. The van der Waals surface area contributed by atoms with Gasteiger partial charge in [-0.1, -0.05) is 25.1 Å². The molecule has 0 bridgehead atoms. The second kappa shape index (κ2) is 5.56. The van der Waals surface area contributed by atoms with Crippen LogP contribution in [0.25, 0.3) is 10.9 Å². The number of hydrogen-bond donors (Lipinski definition) is 2. The molecule has 100 valence electrons. The molecule has 0 spiro atoms. The summed E-state index contributed by atoms with van der Waals surface area (Å²) < 4.78 is 1.67. The maximum atomic E-state index is 11.7. The summed E-state index contributed by atoms with van der Waals surface area (Å²) in [4.78, 5) is 22.9. The Morgan fingerprint density at radius 2 is 2.05 bits per heavy atom. The Morgan fingerprint density at radius 3 is 2.74 bits per heavy atom. The molecule has 2 aromatic rings. The number of fused-ring (bicyclic) bond motifs is 1. The molecular weight excluding hydrogens is 244 g/mol. The van der Waals surface area contributed by atoms with Gasteiger partial charge in [0.05, 0.1) is 5.56 Å². The largest absolute Gasteiger partial charge is 0.478 e. The minimum atomic E-state index is -0.982. The van der Waals surface area contributed by atoms with Crippen LogP contribution in [0.5, 0.6) is 0 Å². The third-order valence-corrected chi connectivity index (χ3v) is 2.91. The van der Waals surface area contributed by atoms with Gasteiger partial charge in [-0.25, -0.2) is 4.79 Å². The second-order valence-electron chi connectivity index (χ2n) is 4.34. The van der Waals surface area contributed by atoms with Crippen molar-refractivity contribution in [2.75, 3.05) is 6.54 Å². The van der Waals surface area contributed by atoms with Gasteiger partial charge in [-0.3, -0.25) is 4.79 Å². The number of hydrogen-bond acceptors (Lipinski definition) is 2.